The van der Waals surface area contributed by atoms with Crippen LogP contribution in [-0.4, -0.2) is 62.9 Å². The predicted molar refractivity (Wildman–Crippen MR) is 444 cm³/mol. The van der Waals surface area contributed by atoms with Crippen molar-refractivity contribution in [3.05, 3.63) is 321 Å². The Bertz CT molecular complexity index is 7230. The predicted octanol–water partition coefficient (Wildman–Crippen LogP) is 14.8. The number of fused-ring (bicyclic) bond motifs is 14. The molecule has 7 aliphatic heterocycles. The van der Waals surface area contributed by atoms with Crippen LogP contribution in [0.1, 0.15) is 48.3 Å². The first-order valence-corrected chi connectivity index (χ1v) is 39.9. The van der Waals surface area contributed by atoms with E-state index in [4.69, 9.17) is 0 Å². The second kappa shape index (κ2) is 22.3. The van der Waals surface area contributed by atoms with Gasteiger partial charge in [0.1, 0.15) is 0 Å². The molecular formula is C94H61B2N5Se3. The zero-order valence-electron chi connectivity index (χ0n) is 71.9. The molecule has 0 bridgehead atoms. The van der Waals surface area contributed by atoms with Crippen molar-refractivity contribution in [3.8, 4) is 50.2 Å². The molecule has 16 aromatic rings. The average Bonchev–Trinajstić information content (AvgIpc) is 0.731. The minimum absolute atomic E-state index is 0.0560. The first-order valence-electron chi connectivity index (χ1n) is 42.8. The normalized spacial score (nSPS) is 16.2. The van der Waals surface area contributed by atoms with Crippen molar-refractivity contribution < 1.29 is 21.9 Å². The van der Waals surface area contributed by atoms with Crippen LogP contribution in [0, 0.1) is 0 Å². The Hall–Kier alpha value is -11.0. The van der Waals surface area contributed by atoms with Crippen molar-refractivity contribution >= 4 is 208 Å². The second-order valence-electron chi connectivity index (χ2n) is 28.1. The van der Waals surface area contributed by atoms with E-state index in [1.807, 2.05) is 140 Å². The molecule has 0 aliphatic carbocycles. The van der Waals surface area contributed by atoms with Gasteiger partial charge in [0.15, 0.2) is 0 Å². The molecule has 15 aromatic carbocycles. The van der Waals surface area contributed by atoms with E-state index in [1.165, 1.54) is 4.57 Å². The first-order chi connectivity index (χ1) is 58.0. The van der Waals surface area contributed by atoms with Crippen LogP contribution >= 0.6 is 0 Å². The van der Waals surface area contributed by atoms with Gasteiger partial charge in [-0.25, -0.2) is 0 Å². The van der Waals surface area contributed by atoms with Crippen LogP contribution in [0.15, 0.2) is 315 Å². The van der Waals surface area contributed by atoms with Gasteiger partial charge in [0.25, 0.3) is 0 Å². The molecule has 0 fully saturated rings. The van der Waals surface area contributed by atoms with Gasteiger partial charge in [0.2, 0.25) is 0 Å². The van der Waals surface area contributed by atoms with E-state index in [0.29, 0.717) is 85.2 Å². The van der Waals surface area contributed by atoms with Gasteiger partial charge in [-0.2, -0.15) is 0 Å². The van der Waals surface area contributed by atoms with E-state index >= 15 is 0 Å². The maximum atomic E-state index is 12.5. The van der Waals surface area contributed by atoms with E-state index in [2.05, 4.69) is 119 Å². The van der Waals surface area contributed by atoms with E-state index in [9.17, 15) is 21.9 Å². The fourth-order valence-electron chi connectivity index (χ4n) is 17.3. The molecule has 23 rings (SSSR count). The molecule has 7 aliphatic rings. The summed E-state index contributed by atoms with van der Waals surface area (Å²) in [4.78, 5) is 8.88. The summed E-state index contributed by atoms with van der Waals surface area (Å²) in [5.41, 5.74) is 15.9. The molecule has 0 spiro atoms. The zero-order valence-corrected chi connectivity index (χ0v) is 61.0. The van der Waals surface area contributed by atoms with Crippen molar-refractivity contribution in [1.29, 1.82) is 0 Å². The molecule has 0 atom stereocenters. The topological polar surface area (TPSA) is 17.9 Å². The summed E-state index contributed by atoms with van der Waals surface area (Å²) in [7, 11) is 0. The van der Waals surface area contributed by atoms with Gasteiger partial charge in [0.05, 0.1) is 11.0 Å². The van der Waals surface area contributed by atoms with E-state index in [-0.39, 0.29) is 63.2 Å². The number of para-hydroxylation sites is 6. The SMILES string of the molecule is [2H]c1c([2H])c2c3c4c1[Se]c1c([2H])c([2H])c5c6c1B4c1c(c([2H])c4c(c1N6c1ccccc1[Se]5)B1c5c(cc(C(C)(C)C)cc5N4c4c(-c5ccccc5)cccc4-c4ccccc4)N(c4c(-c5ccccc5)cccc4-c4ccccc4)c4c([2H])c(-n5c6c([2H])c([2H])c([2H])c([2H])c6c6c([2H])c([2H])c([2H])c([2H])c65)c([2H])c([2H])c41)N3c1ccccc1[Se]2. The zero-order chi connectivity index (χ0) is 82.3. The Balaban J connectivity index is 0.998. The van der Waals surface area contributed by atoms with E-state index in [1.54, 1.807) is 0 Å². The number of rotatable bonds is 7. The van der Waals surface area contributed by atoms with Crippen LogP contribution in [0.25, 0.3) is 72.0 Å². The first kappa shape index (κ1) is 45.9. The van der Waals surface area contributed by atoms with Gasteiger partial charge in [-0.1, -0.05) is 115 Å². The molecule has 104 heavy (non-hydrogen) atoms. The molecule has 0 N–H and O–H groups in total. The fourth-order valence-corrected chi connectivity index (χ4v) is 23.8. The standard InChI is InChI=1S/C94H61B2N5Se3/c1-94(2,3)60-52-74-84-75(53-60)100(90-64(58-30-12-6-13-31-58)38-25-39-65(90)59-32-14-7-15-33-59)76-55-77-86-93(101-72-43-21-23-45-79(72)103-83-51-49-81-88(92(83)101)96(86)87-80(104-81)48-50-82-91(87)98(77)71-42-20-22-44-78(71)102-82)85(76)95(84)68-47-46-61(97-69-40-18-16-34-66(69)67-35-17-19-41-70(67)97)54-73(68)99(74)89-62(56-26-8-4-9-27-56)36-24-37-63(89)57-28-10-5-11-29-57/h4-55H,1-3H3/i16D,17D,18D,19D,34D,35D,40D,41D,46D,47D,48D,49D,50D,51D,54D,55D. The van der Waals surface area contributed by atoms with Crippen LogP contribution in [0.4, 0.5) is 68.2 Å². The van der Waals surface area contributed by atoms with Crippen LogP contribution in [0.2, 0.25) is 0 Å². The quantitative estimate of drug-likeness (QED) is 0.148. The molecule has 0 radical (unpaired) electrons. The van der Waals surface area contributed by atoms with Crippen LogP contribution in [0.3, 0.4) is 0 Å². The molecule has 0 saturated heterocycles. The van der Waals surface area contributed by atoms with Crippen LogP contribution < -0.4 is 79.1 Å². The molecular weight excluding hydrogens is 1460 g/mol. The van der Waals surface area contributed by atoms with Crippen molar-refractivity contribution in [3.63, 3.8) is 0 Å². The monoisotopic (exact) mass is 1540 g/mol. The maximum absolute atomic E-state index is 12.5. The van der Waals surface area contributed by atoms with Gasteiger partial charge >= 0.3 is 502 Å². The summed E-state index contributed by atoms with van der Waals surface area (Å²) in [6.07, 6.45) is 0. The molecule has 0 unspecified atom stereocenters. The van der Waals surface area contributed by atoms with E-state index < -0.39 is 136 Å². The fraction of sp³-hybridized carbons (Fsp3) is 0.0426. The molecule has 0 saturated carbocycles. The molecule has 10 heteroatoms. The molecule has 486 valence electrons. The molecule has 1 aromatic heterocycles. The van der Waals surface area contributed by atoms with Gasteiger partial charge < -0.3 is 0 Å². The molecule has 8 heterocycles. The summed E-state index contributed by atoms with van der Waals surface area (Å²) >= 11 is -1.90. The van der Waals surface area contributed by atoms with Gasteiger partial charge in [-0.15, -0.1) is 0 Å². The molecule has 5 nitrogen and oxygen atoms in total. The van der Waals surface area contributed by atoms with E-state index in [0.717, 1.165) is 81.5 Å². The Morgan fingerprint density at radius 2 is 0.721 bits per heavy atom. The Labute approximate surface area is 646 Å². The van der Waals surface area contributed by atoms with Gasteiger partial charge in [0, 0.05) is 10.8 Å². The number of hydrogen-bond donors (Lipinski definition) is 0. The number of hydrogen-bond acceptors (Lipinski definition) is 4. The van der Waals surface area contributed by atoms with Gasteiger partial charge in [-0.3, -0.25) is 0 Å². The van der Waals surface area contributed by atoms with Crippen molar-refractivity contribution in [2.75, 3.05) is 19.6 Å². The van der Waals surface area contributed by atoms with Crippen molar-refractivity contribution in [2.24, 2.45) is 0 Å². The number of benzene rings is 15. The third-order valence-electron chi connectivity index (χ3n) is 21.6. The molecule has 0 amide bonds. The third-order valence-corrected chi connectivity index (χ3v) is 28.3. The van der Waals surface area contributed by atoms with Crippen molar-refractivity contribution in [2.45, 2.75) is 26.2 Å². The summed E-state index contributed by atoms with van der Waals surface area (Å²) in [6, 6.07) is 67.2. The Morgan fingerprint density at radius 3 is 1.22 bits per heavy atom. The van der Waals surface area contributed by atoms with Crippen LogP contribution in [-0.2, 0) is 5.41 Å². The Morgan fingerprint density at radius 1 is 0.308 bits per heavy atom. The number of anilines is 12. The summed E-state index contributed by atoms with van der Waals surface area (Å²) in [5, 5.41) is -0.525. The number of aromatic nitrogens is 1. The number of nitrogens with zero attached hydrogens (tertiary/aromatic N) is 5. The van der Waals surface area contributed by atoms with Crippen molar-refractivity contribution in [1.82, 2.24) is 4.57 Å². The minimum atomic E-state index is -1.31. The third kappa shape index (κ3) is 8.30. The Kier molecular flexibility index (Phi) is 9.81. The van der Waals surface area contributed by atoms with Crippen LogP contribution in [0.5, 0.6) is 0 Å². The van der Waals surface area contributed by atoms with Gasteiger partial charge in [-0.05, 0) is 12.1 Å². The summed E-state index contributed by atoms with van der Waals surface area (Å²) in [6.45, 7) is 4.34. The summed E-state index contributed by atoms with van der Waals surface area (Å²) in [5.74, 6) is 0. The summed E-state index contributed by atoms with van der Waals surface area (Å²) < 4.78 is 172. The second-order valence-corrected chi connectivity index (χ2v) is 34.7. The average molecular weight is 1540 g/mol.